The zero-order valence-electron chi connectivity index (χ0n) is 13.7. The van der Waals surface area contributed by atoms with E-state index in [-0.39, 0.29) is 0 Å². The van der Waals surface area contributed by atoms with Gasteiger partial charge in [-0.15, -0.1) is 0 Å². The predicted molar refractivity (Wildman–Crippen MR) is 87.5 cm³/mol. The van der Waals surface area contributed by atoms with Crippen LogP contribution in [0.4, 0.5) is 10.5 Å². The standard InChI is InChI=1S/C17H28N2O2/c1-5-6-7-12-18-13-14-8-10-15(11-9-14)19-16(20)21-17(2,3)4/h8-11,18H,5-7,12-13H2,1-4H3,(H,19,20). The fourth-order valence-corrected chi connectivity index (χ4v) is 1.86. The summed E-state index contributed by atoms with van der Waals surface area (Å²) in [5.74, 6) is 0. The van der Waals surface area contributed by atoms with E-state index in [1.54, 1.807) is 0 Å². The van der Waals surface area contributed by atoms with Gasteiger partial charge in [-0.3, -0.25) is 5.32 Å². The average molecular weight is 292 g/mol. The minimum absolute atomic E-state index is 0.423. The highest BCUT2D eigenvalue weighted by atomic mass is 16.6. The molecule has 0 aliphatic rings. The number of benzene rings is 1. The van der Waals surface area contributed by atoms with Crippen LogP contribution in [-0.4, -0.2) is 18.2 Å². The molecule has 0 spiro atoms. The van der Waals surface area contributed by atoms with Gasteiger partial charge in [-0.1, -0.05) is 31.9 Å². The van der Waals surface area contributed by atoms with Crippen molar-refractivity contribution in [2.45, 2.75) is 59.1 Å². The molecule has 1 amide bonds. The van der Waals surface area contributed by atoms with E-state index in [0.29, 0.717) is 0 Å². The molecule has 4 nitrogen and oxygen atoms in total. The molecule has 118 valence electrons. The van der Waals surface area contributed by atoms with Gasteiger partial charge in [-0.2, -0.15) is 0 Å². The number of nitrogens with one attached hydrogen (secondary N) is 2. The van der Waals surface area contributed by atoms with Gasteiger partial charge in [0, 0.05) is 12.2 Å². The second kappa shape index (κ2) is 8.67. The lowest BCUT2D eigenvalue weighted by Gasteiger charge is -2.19. The number of anilines is 1. The predicted octanol–water partition coefficient (Wildman–Crippen LogP) is 4.31. The van der Waals surface area contributed by atoms with E-state index in [9.17, 15) is 4.79 Å². The topological polar surface area (TPSA) is 50.4 Å². The van der Waals surface area contributed by atoms with Gasteiger partial charge in [0.1, 0.15) is 5.60 Å². The molecule has 0 fully saturated rings. The van der Waals surface area contributed by atoms with E-state index in [1.165, 1.54) is 24.8 Å². The number of amides is 1. The van der Waals surface area contributed by atoms with E-state index in [4.69, 9.17) is 4.74 Å². The Morgan fingerprint density at radius 3 is 2.38 bits per heavy atom. The first kappa shape index (κ1) is 17.5. The molecule has 0 unspecified atom stereocenters. The summed E-state index contributed by atoms with van der Waals surface area (Å²) in [6, 6.07) is 7.82. The fourth-order valence-electron chi connectivity index (χ4n) is 1.86. The highest BCUT2D eigenvalue weighted by molar-refractivity contribution is 5.84. The Morgan fingerprint density at radius 1 is 1.14 bits per heavy atom. The molecule has 1 rings (SSSR count). The molecule has 4 heteroatoms. The molecule has 1 aromatic rings. The van der Waals surface area contributed by atoms with Crippen LogP contribution in [0, 0.1) is 0 Å². The average Bonchev–Trinajstić information content (AvgIpc) is 2.38. The lowest BCUT2D eigenvalue weighted by Crippen LogP contribution is -2.27. The monoisotopic (exact) mass is 292 g/mol. The van der Waals surface area contributed by atoms with Gasteiger partial charge in [-0.25, -0.2) is 4.79 Å². The van der Waals surface area contributed by atoms with Gasteiger partial charge in [-0.05, 0) is 51.4 Å². The van der Waals surface area contributed by atoms with Gasteiger partial charge in [0.15, 0.2) is 0 Å². The summed E-state index contributed by atoms with van der Waals surface area (Å²) in [6.45, 7) is 9.65. The molecule has 0 atom stereocenters. The summed E-state index contributed by atoms with van der Waals surface area (Å²) in [4.78, 5) is 11.6. The largest absolute Gasteiger partial charge is 0.444 e. The molecule has 0 aromatic heterocycles. The van der Waals surface area contributed by atoms with Crippen molar-refractivity contribution in [1.29, 1.82) is 0 Å². The van der Waals surface area contributed by atoms with Crippen LogP contribution in [0.1, 0.15) is 52.5 Å². The molecular weight excluding hydrogens is 264 g/mol. The number of rotatable bonds is 7. The van der Waals surface area contributed by atoms with Crippen molar-refractivity contribution in [3.8, 4) is 0 Å². The second-order valence-corrected chi connectivity index (χ2v) is 6.21. The van der Waals surface area contributed by atoms with Crippen molar-refractivity contribution in [2.24, 2.45) is 0 Å². The lowest BCUT2D eigenvalue weighted by atomic mass is 10.2. The molecule has 1 aromatic carbocycles. The van der Waals surface area contributed by atoms with E-state index in [1.807, 2.05) is 45.0 Å². The van der Waals surface area contributed by atoms with Crippen LogP contribution in [0.25, 0.3) is 0 Å². The summed E-state index contributed by atoms with van der Waals surface area (Å²) in [7, 11) is 0. The van der Waals surface area contributed by atoms with Gasteiger partial charge in [0.25, 0.3) is 0 Å². The third-order valence-electron chi connectivity index (χ3n) is 2.89. The number of carbonyl (C=O) groups excluding carboxylic acids is 1. The SMILES string of the molecule is CCCCCNCc1ccc(NC(=O)OC(C)(C)C)cc1. The smallest absolute Gasteiger partial charge is 0.412 e. The molecule has 0 aliphatic carbocycles. The van der Waals surface area contributed by atoms with Crippen LogP contribution in [-0.2, 0) is 11.3 Å². The number of unbranched alkanes of at least 4 members (excludes halogenated alkanes) is 2. The van der Waals surface area contributed by atoms with Crippen molar-refractivity contribution in [1.82, 2.24) is 5.32 Å². The Labute approximate surface area is 128 Å². The van der Waals surface area contributed by atoms with E-state index >= 15 is 0 Å². The summed E-state index contributed by atoms with van der Waals surface area (Å²) >= 11 is 0. The van der Waals surface area contributed by atoms with Crippen LogP contribution in [0.3, 0.4) is 0 Å². The van der Waals surface area contributed by atoms with Crippen molar-refractivity contribution >= 4 is 11.8 Å². The van der Waals surface area contributed by atoms with Gasteiger partial charge in [0.05, 0.1) is 0 Å². The Kier molecular flexibility index (Phi) is 7.23. The highest BCUT2D eigenvalue weighted by Gasteiger charge is 2.15. The Morgan fingerprint density at radius 2 is 1.81 bits per heavy atom. The Balaban J connectivity index is 2.35. The van der Waals surface area contributed by atoms with Crippen LogP contribution in [0.2, 0.25) is 0 Å². The summed E-state index contributed by atoms with van der Waals surface area (Å²) in [6.07, 6.45) is 3.31. The maximum Gasteiger partial charge on any atom is 0.412 e. The van der Waals surface area contributed by atoms with Crippen LogP contribution in [0.15, 0.2) is 24.3 Å². The van der Waals surface area contributed by atoms with Gasteiger partial charge < -0.3 is 10.1 Å². The third-order valence-corrected chi connectivity index (χ3v) is 2.89. The second-order valence-electron chi connectivity index (χ2n) is 6.21. The van der Waals surface area contributed by atoms with Crippen molar-refractivity contribution < 1.29 is 9.53 Å². The number of hydrogen-bond acceptors (Lipinski definition) is 3. The molecule has 0 aliphatic heterocycles. The fraction of sp³-hybridized carbons (Fsp3) is 0.588. The summed E-state index contributed by atoms with van der Waals surface area (Å²) in [5, 5.41) is 6.14. The normalized spacial score (nSPS) is 11.2. The minimum Gasteiger partial charge on any atom is -0.444 e. The number of ether oxygens (including phenoxy) is 1. The zero-order chi connectivity index (χ0) is 15.7. The van der Waals surface area contributed by atoms with E-state index in [0.717, 1.165) is 18.8 Å². The van der Waals surface area contributed by atoms with Crippen LogP contribution >= 0.6 is 0 Å². The molecule has 0 bridgehead atoms. The van der Waals surface area contributed by atoms with Gasteiger partial charge >= 0.3 is 6.09 Å². The molecular formula is C17H28N2O2. The van der Waals surface area contributed by atoms with Gasteiger partial charge in [0.2, 0.25) is 0 Å². The molecule has 0 saturated heterocycles. The zero-order valence-corrected chi connectivity index (χ0v) is 13.7. The Bertz CT molecular complexity index is 421. The van der Waals surface area contributed by atoms with Crippen molar-refractivity contribution in [2.75, 3.05) is 11.9 Å². The van der Waals surface area contributed by atoms with Crippen LogP contribution < -0.4 is 10.6 Å². The Hall–Kier alpha value is -1.55. The first-order valence-corrected chi connectivity index (χ1v) is 7.70. The quantitative estimate of drug-likeness (QED) is 0.736. The lowest BCUT2D eigenvalue weighted by molar-refractivity contribution is 0.0636. The molecule has 2 N–H and O–H groups in total. The number of carbonyl (C=O) groups is 1. The first-order chi connectivity index (χ1) is 9.90. The van der Waals surface area contributed by atoms with E-state index < -0.39 is 11.7 Å². The maximum atomic E-state index is 11.6. The highest BCUT2D eigenvalue weighted by Crippen LogP contribution is 2.13. The van der Waals surface area contributed by atoms with Crippen molar-refractivity contribution in [3.05, 3.63) is 29.8 Å². The third kappa shape index (κ3) is 8.35. The number of hydrogen-bond donors (Lipinski definition) is 2. The molecule has 21 heavy (non-hydrogen) atoms. The summed E-state index contributed by atoms with van der Waals surface area (Å²) in [5.41, 5.74) is 1.48. The van der Waals surface area contributed by atoms with Crippen molar-refractivity contribution in [3.63, 3.8) is 0 Å². The van der Waals surface area contributed by atoms with E-state index in [2.05, 4.69) is 17.6 Å². The maximum absolute atomic E-state index is 11.6. The molecule has 0 radical (unpaired) electrons. The molecule has 0 heterocycles. The minimum atomic E-state index is -0.480. The molecule has 0 saturated carbocycles. The van der Waals surface area contributed by atoms with Crippen LogP contribution in [0.5, 0.6) is 0 Å². The first-order valence-electron chi connectivity index (χ1n) is 7.70. The summed E-state index contributed by atoms with van der Waals surface area (Å²) < 4.78 is 5.21.